The quantitative estimate of drug-likeness (QED) is 0.567. The highest BCUT2D eigenvalue weighted by Crippen LogP contribution is 2.32. The highest BCUT2D eigenvalue weighted by atomic mass is 35.5. The van der Waals surface area contributed by atoms with Gasteiger partial charge in [-0.15, -0.1) is 11.3 Å². The Kier molecular flexibility index (Phi) is 4.59. The molecule has 2 aromatic carbocycles. The number of aromatic nitrogens is 1. The predicted molar refractivity (Wildman–Crippen MR) is 104 cm³/mol. The van der Waals surface area contributed by atoms with Gasteiger partial charge in [0, 0.05) is 29.7 Å². The van der Waals surface area contributed by atoms with E-state index in [0.29, 0.717) is 0 Å². The van der Waals surface area contributed by atoms with Crippen LogP contribution in [0.2, 0.25) is 10.0 Å². The number of thiazole rings is 1. The number of benzene rings is 2. The van der Waals surface area contributed by atoms with Gasteiger partial charge in [-0.3, -0.25) is 4.90 Å². The van der Waals surface area contributed by atoms with Gasteiger partial charge in [0.1, 0.15) is 5.01 Å². The summed E-state index contributed by atoms with van der Waals surface area (Å²) in [4.78, 5) is 7.16. The van der Waals surface area contributed by atoms with E-state index in [4.69, 9.17) is 28.2 Å². The average Bonchev–Trinajstić information content (AvgIpc) is 3.01. The average molecular weight is 375 g/mol. The Hall–Kier alpha value is -1.39. The Morgan fingerprint density at radius 3 is 2.79 bits per heavy atom. The normalized spacial score (nSPS) is 15.7. The molecule has 5 heteroatoms. The Morgan fingerprint density at radius 1 is 1.12 bits per heavy atom. The lowest BCUT2D eigenvalue weighted by molar-refractivity contribution is 0.294. The maximum absolute atomic E-state index is 6.26. The first-order chi connectivity index (χ1) is 11.7. The SMILES string of the molecule is Clc1ccc2sc(C3=CCN(Cc4ccccc4Cl)CC3)nc2c1. The molecule has 0 N–H and O–H groups in total. The van der Waals surface area contributed by atoms with E-state index >= 15 is 0 Å². The minimum atomic E-state index is 0.739. The molecule has 0 aliphatic carbocycles. The van der Waals surface area contributed by atoms with Gasteiger partial charge in [-0.2, -0.15) is 0 Å². The smallest absolute Gasteiger partial charge is 0.120 e. The number of nitrogens with zero attached hydrogens (tertiary/aromatic N) is 2. The van der Waals surface area contributed by atoms with Crippen LogP contribution < -0.4 is 0 Å². The highest BCUT2D eigenvalue weighted by Gasteiger charge is 2.16. The summed E-state index contributed by atoms with van der Waals surface area (Å²) in [5, 5.41) is 2.70. The van der Waals surface area contributed by atoms with Crippen molar-refractivity contribution in [3.63, 3.8) is 0 Å². The second-order valence-electron chi connectivity index (χ2n) is 5.94. The van der Waals surface area contributed by atoms with Gasteiger partial charge in [0.25, 0.3) is 0 Å². The van der Waals surface area contributed by atoms with Crippen molar-refractivity contribution in [1.82, 2.24) is 9.88 Å². The van der Waals surface area contributed by atoms with E-state index in [0.717, 1.165) is 46.6 Å². The van der Waals surface area contributed by atoms with Crippen LogP contribution in [0.3, 0.4) is 0 Å². The summed E-state index contributed by atoms with van der Waals surface area (Å²) in [6, 6.07) is 14.0. The van der Waals surface area contributed by atoms with Gasteiger partial charge in [0.15, 0.2) is 0 Å². The van der Waals surface area contributed by atoms with Crippen molar-refractivity contribution < 1.29 is 0 Å². The van der Waals surface area contributed by atoms with Gasteiger partial charge in [0.05, 0.1) is 10.2 Å². The molecule has 3 aromatic rings. The Bertz CT molecular complexity index is 917. The molecule has 1 aromatic heterocycles. The molecule has 4 rings (SSSR count). The first kappa shape index (κ1) is 16.1. The number of hydrogen-bond acceptors (Lipinski definition) is 3. The lowest BCUT2D eigenvalue weighted by atomic mass is 10.1. The fourth-order valence-electron chi connectivity index (χ4n) is 2.95. The molecular formula is C19H16Cl2N2S. The molecule has 122 valence electrons. The second kappa shape index (κ2) is 6.85. The van der Waals surface area contributed by atoms with Crippen molar-refractivity contribution in [1.29, 1.82) is 0 Å². The summed E-state index contributed by atoms with van der Waals surface area (Å²) < 4.78 is 1.19. The molecule has 1 aliphatic rings. The van der Waals surface area contributed by atoms with Crippen LogP contribution in [0.15, 0.2) is 48.5 Å². The molecule has 0 saturated heterocycles. The molecule has 0 amide bonds. The van der Waals surface area contributed by atoms with Crippen molar-refractivity contribution in [3.05, 3.63) is 69.2 Å². The van der Waals surface area contributed by atoms with E-state index in [2.05, 4.69) is 17.0 Å². The van der Waals surface area contributed by atoms with Crippen LogP contribution >= 0.6 is 34.5 Å². The van der Waals surface area contributed by atoms with Crippen molar-refractivity contribution >= 4 is 50.3 Å². The highest BCUT2D eigenvalue weighted by molar-refractivity contribution is 7.19. The van der Waals surface area contributed by atoms with Crippen LogP contribution in [0.25, 0.3) is 15.8 Å². The Morgan fingerprint density at radius 2 is 2.00 bits per heavy atom. The molecule has 2 nitrogen and oxygen atoms in total. The largest absolute Gasteiger partial charge is 0.295 e. The molecule has 0 spiro atoms. The fourth-order valence-corrected chi connectivity index (χ4v) is 4.33. The molecule has 1 aliphatic heterocycles. The van der Waals surface area contributed by atoms with Gasteiger partial charge in [-0.1, -0.05) is 47.5 Å². The minimum absolute atomic E-state index is 0.739. The lowest BCUT2D eigenvalue weighted by Crippen LogP contribution is -2.28. The van der Waals surface area contributed by atoms with Gasteiger partial charge in [-0.05, 0) is 41.8 Å². The van der Waals surface area contributed by atoms with Crippen LogP contribution in [0.4, 0.5) is 0 Å². The molecule has 0 fully saturated rings. The van der Waals surface area contributed by atoms with Gasteiger partial charge in [0.2, 0.25) is 0 Å². The Balaban J connectivity index is 1.50. The van der Waals surface area contributed by atoms with Crippen molar-refractivity contribution in [3.8, 4) is 0 Å². The van der Waals surface area contributed by atoms with Crippen LogP contribution in [0.5, 0.6) is 0 Å². The number of rotatable bonds is 3. The van der Waals surface area contributed by atoms with E-state index in [1.54, 1.807) is 11.3 Å². The monoisotopic (exact) mass is 374 g/mol. The molecular weight excluding hydrogens is 359 g/mol. The van der Waals surface area contributed by atoms with Crippen LogP contribution in [0, 0.1) is 0 Å². The van der Waals surface area contributed by atoms with Gasteiger partial charge >= 0.3 is 0 Å². The van der Waals surface area contributed by atoms with E-state index in [9.17, 15) is 0 Å². The summed E-state index contributed by atoms with van der Waals surface area (Å²) in [6.07, 6.45) is 3.30. The van der Waals surface area contributed by atoms with Crippen LogP contribution in [-0.4, -0.2) is 23.0 Å². The molecule has 24 heavy (non-hydrogen) atoms. The zero-order chi connectivity index (χ0) is 16.5. The summed E-state index contributed by atoms with van der Waals surface area (Å²) >= 11 is 14.1. The first-order valence-electron chi connectivity index (χ1n) is 7.90. The third kappa shape index (κ3) is 3.35. The predicted octanol–water partition coefficient (Wildman–Crippen LogP) is 5.89. The molecule has 0 atom stereocenters. The van der Waals surface area contributed by atoms with E-state index in [1.165, 1.54) is 15.8 Å². The fraction of sp³-hybridized carbons (Fsp3) is 0.211. The summed E-state index contributed by atoms with van der Waals surface area (Å²) in [5.41, 5.74) is 3.51. The Labute approximate surface area is 155 Å². The summed E-state index contributed by atoms with van der Waals surface area (Å²) in [7, 11) is 0. The minimum Gasteiger partial charge on any atom is -0.295 e. The number of halogens is 2. The maximum Gasteiger partial charge on any atom is 0.120 e. The number of fused-ring (bicyclic) bond motifs is 1. The molecule has 0 saturated carbocycles. The third-order valence-electron chi connectivity index (χ3n) is 4.27. The third-order valence-corrected chi connectivity index (χ3v) is 5.99. The van der Waals surface area contributed by atoms with Crippen molar-refractivity contribution in [2.24, 2.45) is 0 Å². The van der Waals surface area contributed by atoms with Gasteiger partial charge < -0.3 is 0 Å². The molecule has 0 radical (unpaired) electrons. The molecule has 0 unspecified atom stereocenters. The summed E-state index contributed by atoms with van der Waals surface area (Å²) in [6.45, 7) is 2.84. The van der Waals surface area contributed by atoms with Crippen molar-refractivity contribution in [2.45, 2.75) is 13.0 Å². The topological polar surface area (TPSA) is 16.1 Å². The maximum atomic E-state index is 6.26. The second-order valence-corrected chi connectivity index (χ2v) is 7.81. The van der Waals surface area contributed by atoms with E-state index in [1.807, 2.05) is 36.4 Å². The first-order valence-corrected chi connectivity index (χ1v) is 9.47. The molecule has 0 bridgehead atoms. The zero-order valence-electron chi connectivity index (χ0n) is 13.0. The lowest BCUT2D eigenvalue weighted by Gasteiger charge is -2.26. The van der Waals surface area contributed by atoms with Crippen LogP contribution in [0.1, 0.15) is 17.0 Å². The standard InChI is InChI=1S/C19H16Cl2N2S/c20-15-5-6-18-17(11-15)22-19(24-18)13-7-9-23(10-8-13)12-14-3-1-2-4-16(14)21/h1-7,11H,8-10,12H2. The van der Waals surface area contributed by atoms with Crippen LogP contribution in [-0.2, 0) is 6.54 Å². The zero-order valence-corrected chi connectivity index (χ0v) is 15.3. The number of hydrogen-bond donors (Lipinski definition) is 0. The van der Waals surface area contributed by atoms with Gasteiger partial charge in [-0.25, -0.2) is 4.98 Å². The summed E-state index contributed by atoms with van der Waals surface area (Å²) in [5.74, 6) is 0. The van der Waals surface area contributed by atoms with E-state index in [-0.39, 0.29) is 0 Å². The van der Waals surface area contributed by atoms with Crippen molar-refractivity contribution in [2.75, 3.05) is 13.1 Å². The molecule has 2 heterocycles. The van der Waals surface area contributed by atoms with E-state index < -0.39 is 0 Å².